The number of carbonyl (C=O) groups is 1. The predicted molar refractivity (Wildman–Crippen MR) is 154 cm³/mol. The number of thiazole rings is 1. The molecule has 0 N–H and O–H groups in total. The molecular formula is C28H38N4O4S2. The lowest BCUT2D eigenvalue weighted by molar-refractivity contribution is 0.0983. The SMILES string of the molecule is CCOc1cccc2sc(N(CCN(CC)CC)C(=O)c3ccc(S(=O)(=O)N4CCC(C)CC4)cc3)nc12. The number of rotatable bonds is 11. The molecule has 0 bridgehead atoms. The van der Waals surface area contributed by atoms with Gasteiger partial charge in [-0.05, 0) is 75.2 Å². The first-order valence-corrected chi connectivity index (χ1v) is 15.7. The number of benzene rings is 2. The van der Waals surface area contributed by atoms with Gasteiger partial charge in [-0.25, -0.2) is 13.4 Å². The van der Waals surface area contributed by atoms with Crippen LogP contribution < -0.4 is 9.64 Å². The molecule has 38 heavy (non-hydrogen) atoms. The maximum atomic E-state index is 13.8. The minimum absolute atomic E-state index is 0.204. The Hall–Kier alpha value is -2.53. The number of hydrogen-bond donors (Lipinski definition) is 0. The van der Waals surface area contributed by atoms with Crippen LogP contribution in [0, 0.1) is 5.92 Å². The van der Waals surface area contributed by atoms with Gasteiger partial charge in [-0.2, -0.15) is 4.31 Å². The highest BCUT2D eigenvalue weighted by Crippen LogP contribution is 2.35. The topological polar surface area (TPSA) is 83.0 Å². The number of piperidine rings is 1. The molecule has 1 fully saturated rings. The second kappa shape index (κ2) is 12.5. The van der Waals surface area contributed by atoms with Crippen LogP contribution in [-0.2, 0) is 10.0 Å². The Morgan fingerprint density at radius 2 is 1.74 bits per heavy atom. The third-order valence-electron chi connectivity index (χ3n) is 7.16. The lowest BCUT2D eigenvalue weighted by atomic mass is 10.0. The van der Waals surface area contributed by atoms with Gasteiger partial charge in [0.25, 0.3) is 5.91 Å². The minimum atomic E-state index is -3.58. The van der Waals surface area contributed by atoms with Gasteiger partial charge < -0.3 is 9.64 Å². The van der Waals surface area contributed by atoms with E-state index in [0.717, 1.165) is 36.1 Å². The molecule has 10 heteroatoms. The van der Waals surface area contributed by atoms with Crippen molar-refractivity contribution in [3.8, 4) is 5.75 Å². The second-order valence-electron chi connectivity index (χ2n) is 9.63. The van der Waals surface area contributed by atoms with Crippen molar-refractivity contribution in [1.82, 2.24) is 14.2 Å². The van der Waals surface area contributed by atoms with E-state index in [1.54, 1.807) is 33.5 Å². The zero-order valence-corrected chi connectivity index (χ0v) is 24.4. The van der Waals surface area contributed by atoms with Crippen molar-refractivity contribution in [1.29, 1.82) is 0 Å². The molecule has 3 aromatic rings. The molecule has 0 radical (unpaired) electrons. The van der Waals surface area contributed by atoms with E-state index in [9.17, 15) is 13.2 Å². The molecule has 1 aliphatic heterocycles. The number of aromatic nitrogens is 1. The largest absolute Gasteiger partial charge is 0.492 e. The van der Waals surface area contributed by atoms with Gasteiger partial charge in [0.1, 0.15) is 11.3 Å². The number of amides is 1. The summed E-state index contributed by atoms with van der Waals surface area (Å²) >= 11 is 1.45. The van der Waals surface area contributed by atoms with Gasteiger partial charge in [0.15, 0.2) is 5.13 Å². The maximum Gasteiger partial charge on any atom is 0.260 e. The van der Waals surface area contributed by atoms with Crippen molar-refractivity contribution >= 4 is 42.6 Å². The van der Waals surface area contributed by atoms with Gasteiger partial charge >= 0.3 is 0 Å². The number of nitrogens with zero attached hydrogens (tertiary/aromatic N) is 4. The van der Waals surface area contributed by atoms with Crippen LogP contribution in [0.5, 0.6) is 5.75 Å². The van der Waals surface area contributed by atoms with Crippen molar-refractivity contribution in [2.75, 3.05) is 50.8 Å². The Bertz CT molecular complexity index is 1330. The van der Waals surface area contributed by atoms with Crippen LogP contribution in [0.1, 0.15) is 50.9 Å². The van der Waals surface area contributed by atoms with Gasteiger partial charge in [-0.3, -0.25) is 9.69 Å². The van der Waals surface area contributed by atoms with E-state index in [4.69, 9.17) is 9.72 Å². The zero-order valence-electron chi connectivity index (χ0n) is 22.7. The van der Waals surface area contributed by atoms with Crippen LogP contribution in [0.2, 0.25) is 0 Å². The maximum absolute atomic E-state index is 13.8. The second-order valence-corrected chi connectivity index (χ2v) is 12.6. The normalized spacial score (nSPS) is 15.3. The number of sulfonamides is 1. The average molecular weight is 559 g/mol. The molecule has 1 aliphatic rings. The number of likely N-dealkylation sites (N-methyl/N-ethyl adjacent to an activating group) is 1. The molecule has 2 heterocycles. The van der Waals surface area contributed by atoms with E-state index in [2.05, 4.69) is 25.7 Å². The number of carbonyl (C=O) groups excluding carboxylic acids is 1. The van der Waals surface area contributed by atoms with Gasteiger partial charge in [0, 0.05) is 31.7 Å². The van der Waals surface area contributed by atoms with Crippen LogP contribution in [0.15, 0.2) is 47.4 Å². The summed E-state index contributed by atoms with van der Waals surface area (Å²) in [5.41, 5.74) is 1.17. The van der Waals surface area contributed by atoms with Crippen molar-refractivity contribution in [2.45, 2.75) is 45.4 Å². The standard InChI is InChI=1S/C28H38N4O4S2/c1-5-30(6-2)19-20-32(28-29-26-24(36-7-3)9-8-10-25(26)37-28)27(33)22-11-13-23(14-12-22)38(34,35)31-17-15-21(4)16-18-31/h8-14,21H,5-7,15-20H2,1-4H3. The molecule has 1 aromatic heterocycles. The Labute approximate surface area is 230 Å². The van der Waals surface area contributed by atoms with E-state index in [-0.39, 0.29) is 10.8 Å². The lowest BCUT2D eigenvalue weighted by Gasteiger charge is -2.29. The van der Waals surface area contributed by atoms with E-state index >= 15 is 0 Å². The summed E-state index contributed by atoms with van der Waals surface area (Å²) < 4.78 is 34.6. The molecule has 4 rings (SSSR count). The van der Waals surface area contributed by atoms with Crippen LogP contribution in [0.25, 0.3) is 10.2 Å². The van der Waals surface area contributed by atoms with Crippen molar-refractivity contribution < 1.29 is 17.9 Å². The molecule has 0 unspecified atom stereocenters. The smallest absolute Gasteiger partial charge is 0.260 e. The molecule has 8 nitrogen and oxygen atoms in total. The summed E-state index contributed by atoms with van der Waals surface area (Å²) in [6.45, 7) is 12.8. The summed E-state index contributed by atoms with van der Waals surface area (Å²) in [6.07, 6.45) is 1.73. The number of para-hydroxylation sites is 1. The van der Waals surface area contributed by atoms with Crippen molar-refractivity contribution in [3.63, 3.8) is 0 Å². The molecule has 206 valence electrons. The van der Waals surface area contributed by atoms with Gasteiger partial charge in [0.05, 0.1) is 16.2 Å². The van der Waals surface area contributed by atoms with Crippen LogP contribution in [-0.4, -0.2) is 74.4 Å². The average Bonchev–Trinajstić information content (AvgIpc) is 3.36. The molecule has 0 atom stereocenters. The highest BCUT2D eigenvalue weighted by atomic mass is 32.2. The van der Waals surface area contributed by atoms with Crippen LogP contribution in [0.3, 0.4) is 0 Å². The third kappa shape index (κ3) is 6.20. The number of ether oxygens (including phenoxy) is 1. The molecule has 2 aromatic carbocycles. The Morgan fingerprint density at radius 1 is 1.05 bits per heavy atom. The molecule has 1 saturated heterocycles. The zero-order chi connectivity index (χ0) is 27.3. The monoisotopic (exact) mass is 558 g/mol. The fourth-order valence-electron chi connectivity index (χ4n) is 4.66. The summed E-state index contributed by atoms with van der Waals surface area (Å²) in [5.74, 6) is 1.03. The van der Waals surface area contributed by atoms with Gasteiger partial charge in [-0.15, -0.1) is 0 Å². The number of fused-ring (bicyclic) bond motifs is 1. The van der Waals surface area contributed by atoms with E-state index < -0.39 is 10.0 Å². The minimum Gasteiger partial charge on any atom is -0.492 e. The molecular weight excluding hydrogens is 520 g/mol. The highest BCUT2D eigenvalue weighted by molar-refractivity contribution is 7.89. The molecule has 1 amide bonds. The lowest BCUT2D eigenvalue weighted by Crippen LogP contribution is -2.39. The Morgan fingerprint density at radius 3 is 2.37 bits per heavy atom. The van der Waals surface area contributed by atoms with Crippen LogP contribution in [0.4, 0.5) is 5.13 Å². The van der Waals surface area contributed by atoms with E-state index in [1.807, 2.05) is 25.1 Å². The first-order valence-electron chi connectivity index (χ1n) is 13.4. The van der Waals surface area contributed by atoms with Crippen LogP contribution >= 0.6 is 11.3 Å². The first kappa shape index (κ1) is 28.5. The van der Waals surface area contributed by atoms with Crippen molar-refractivity contribution in [3.05, 3.63) is 48.0 Å². The summed E-state index contributed by atoms with van der Waals surface area (Å²) in [6, 6.07) is 12.1. The Kier molecular flexibility index (Phi) is 9.40. The van der Waals surface area contributed by atoms with Gasteiger partial charge in [-0.1, -0.05) is 38.2 Å². The highest BCUT2D eigenvalue weighted by Gasteiger charge is 2.29. The van der Waals surface area contributed by atoms with Crippen molar-refractivity contribution in [2.24, 2.45) is 5.92 Å². The quantitative estimate of drug-likeness (QED) is 0.326. The molecule has 0 saturated carbocycles. The Balaban J connectivity index is 1.62. The number of hydrogen-bond acceptors (Lipinski definition) is 7. The van der Waals surface area contributed by atoms with Gasteiger partial charge in [0.2, 0.25) is 10.0 Å². The third-order valence-corrected chi connectivity index (χ3v) is 10.1. The first-order chi connectivity index (χ1) is 18.3. The summed E-state index contributed by atoms with van der Waals surface area (Å²) in [5, 5.41) is 0.600. The number of anilines is 1. The summed E-state index contributed by atoms with van der Waals surface area (Å²) in [7, 11) is -3.58. The molecule has 0 aliphatic carbocycles. The molecule has 0 spiro atoms. The fourth-order valence-corrected chi connectivity index (χ4v) is 7.14. The predicted octanol–water partition coefficient (Wildman–Crippen LogP) is 5.10. The fraction of sp³-hybridized carbons (Fsp3) is 0.500. The summed E-state index contributed by atoms with van der Waals surface area (Å²) in [4.78, 5) is 22.8. The van der Waals surface area contributed by atoms with E-state index in [1.165, 1.54) is 11.3 Å². The van der Waals surface area contributed by atoms with E-state index in [0.29, 0.717) is 55.1 Å².